The number of hydrogen-bond donors (Lipinski definition) is 0. The molecule has 0 spiro atoms. The van der Waals surface area contributed by atoms with Gasteiger partial charge in [0.25, 0.3) is 5.91 Å². The van der Waals surface area contributed by atoms with E-state index in [4.69, 9.17) is 17.5 Å². The number of carbonyl (C=O) groups is 1. The lowest BCUT2D eigenvalue weighted by atomic mass is 10.0. The molecule has 2 unspecified atom stereocenters. The van der Waals surface area contributed by atoms with E-state index in [-0.39, 0.29) is 22.9 Å². The molecule has 0 saturated carbocycles. The predicted octanol–water partition coefficient (Wildman–Crippen LogP) is 4.20. The molecular weight excluding hydrogens is 551 g/mol. The van der Waals surface area contributed by atoms with Crippen LogP contribution in [0, 0.1) is 11.3 Å². The highest BCUT2D eigenvalue weighted by Crippen LogP contribution is 2.38. The van der Waals surface area contributed by atoms with E-state index in [1.165, 1.54) is 12.3 Å². The number of unbranched alkanes of at least 4 members (excludes halogenated alkanes) is 3. The zero-order valence-electron chi connectivity index (χ0n) is 23.0. The second kappa shape index (κ2) is 11.7. The minimum atomic E-state index is -4.74. The maximum atomic E-state index is 13.5. The topological polar surface area (TPSA) is 88.0 Å². The third-order valence-electron chi connectivity index (χ3n) is 7.57. The van der Waals surface area contributed by atoms with Gasteiger partial charge in [-0.15, -0.1) is 0 Å². The summed E-state index contributed by atoms with van der Waals surface area (Å²) >= 11 is 5.54. The van der Waals surface area contributed by atoms with Crippen molar-refractivity contribution in [3.05, 3.63) is 29.3 Å². The van der Waals surface area contributed by atoms with Gasteiger partial charge in [0, 0.05) is 31.7 Å². The van der Waals surface area contributed by atoms with E-state index < -0.39 is 38.8 Å². The van der Waals surface area contributed by atoms with E-state index in [0.29, 0.717) is 19.6 Å². The normalized spacial score (nSPS) is 22.9. The molecule has 0 N–H and O–H groups in total. The lowest BCUT2D eigenvalue weighted by Gasteiger charge is -2.42. The fourth-order valence-electron chi connectivity index (χ4n) is 5.32. The quantitative estimate of drug-likeness (QED) is 0.316. The molecule has 1 aromatic carbocycles. The number of nitriles is 1. The number of thiocarbonyl (C=S) groups is 1. The fraction of sp³-hybridized carbons (Fsp3) is 0.654. The summed E-state index contributed by atoms with van der Waals surface area (Å²) in [5.74, 6) is -0.415. The van der Waals surface area contributed by atoms with E-state index in [9.17, 15) is 26.4 Å². The van der Waals surface area contributed by atoms with Crippen LogP contribution in [0.4, 0.5) is 18.9 Å². The van der Waals surface area contributed by atoms with Crippen LogP contribution in [0.1, 0.15) is 64.5 Å². The van der Waals surface area contributed by atoms with Crippen LogP contribution in [0.15, 0.2) is 18.2 Å². The average Bonchev–Trinajstić information content (AvgIpc) is 3.00. The summed E-state index contributed by atoms with van der Waals surface area (Å²) in [5, 5.41) is 9.22. The second-order valence-corrected chi connectivity index (χ2v) is 13.2. The Morgan fingerprint density at radius 2 is 1.69 bits per heavy atom. The minimum Gasteiger partial charge on any atom is -0.334 e. The Balaban J connectivity index is 1.55. The molecule has 2 aliphatic rings. The first-order chi connectivity index (χ1) is 18.0. The SMILES string of the molecule is CC1CN(S(C)(=O)=O)C(C)CN1CCCCCCN1C(=S)N(c2ccc(C#N)c(C(F)(F)F)c2)C(=O)C1(C)C. The number of carbonyl (C=O) groups excluding carboxylic acids is 1. The van der Waals surface area contributed by atoms with Crippen LogP contribution >= 0.6 is 12.2 Å². The Morgan fingerprint density at radius 1 is 1.08 bits per heavy atom. The molecule has 0 aromatic heterocycles. The molecule has 1 amide bonds. The standard InChI is InChI=1S/C26H36F3N5O3S2/c1-18-17-33(39(5,36)37)19(2)16-31(18)12-8-6-7-9-13-32-24(38)34(23(35)25(32,3)4)21-11-10-20(15-30)22(14-21)26(27,28)29/h10-11,14,18-19H,6-9,12-13,16-17H2,1-5H3. The molecule has 8 nitrogen and oxygen atoms in total. The van der Waals surface area contributed by atoms with Gasteiger partial charge in [-0.05, 0) is 77.5 Å². The molecule has 2 heterocycles. The van der Waals surface area contributed by atoms with Gasteiger partial charge in [-0.1, -0.05) is 12.8 Å². The number of alkyl halides is 3. The number of nitrogens with zero attached hydrogens (tertiary/aromatic N) is 5. The van der Waals surface area contributed by atoms with Crippen molar-refractivity contribution in [3.8, 4) is 6.07 Å². The summed E-state index contributed by atoms with van der Waals surface area (Å²) in [4.78, 5) is 18.4. The number of hydrogen-bond acceptors (Lipinski definition) is 6. The number of amides is 1. The molecule has 0 aliphatic carbocycles. The van der Waals surface area contributed by atoms with Gasteiger partial charge >= 0.3 is 6.18 Å². The molecule has 0 radical (unpaired) electrons. The van der Waals surface area contributed by atoms with Crippen LogP contribution in [-0.4, -0.2) is 83.6 Å². The first-order valence-corrected chi connectivity index (χ1v) is 15.2. The van der Waals surface area contributed by atoms with Crippen LogP contribution in [0.25, 0.3) is 0 Å². The summed E-state index contributed by atoms with van der Waals surface area (Å²) in [5.41, 5.74) is -2.64. The van der Waals surface area contributed by atoms with Gasteiger partial charge in [0.1, 0.15) is 5.54 Å². The van der Waals surface area contributed by atoms with Crippen molar-refractivity contribution in [2.24, 2.45) is 0 Å². The summed E-state index contributed by atoms with van der Waals surface area (Å²) in [6, 6.07) is 4.80. The van der Waals surface area contributed by atoms with Crippen molar-refractivity contribution >= 4 is 38.9 Å². The predicted molar refractivity (Wildman–Crippen MR) is 148 cm³/mol. The molecule has 1 aromatic rings. The third-order valence-corrected chi connectivity index (χ3v) is 9.34. The van der Waals surface area contributed by atoms with Gasteiger partial charge in [0.2, 0.25) is 10.0 Å². The first kappa shape index (κ1) is 31.3. The van der Waals surface area contributed by atoms with Crippen molar-refractivity contribution in [1.29, 1.82) is 5.26 Å². The number of rotatable bonds is 9. The minimum absolute atomic E-state index is 0.00813. The monoisotopic (exact) mass is 587 g/mol. The van der Waals surface area contributed by atoms with Crippen molar-refractivity contribution in [1.82, 2.24) is 14.1 Å². The highest BCUT2D eigenvalue weighted by Gasteiger charge is 2.49. The Morgan fingerprint density at radius 3 is 2.26 bits per heavy atom. The highest BCUT2D eigenvalue weighted by molar-refractivity contribution is 7.88. The van der Waals surface area contributed by atoms with Crippen LogP contribution in [0.2, 0.25) is 0 Å². The Labute approximate surface area is 234 Å². The lowest BCUT2D eigenvalue weighted by Crippen LogP contribution is -2.57. The molecule has 3 rings (SSSR count). The van der Waals surface area contributed by atoms with E-state index >= 15 is 0 Å². The van der Waals surface area contributed by atoms with Crippen LogP contribution < -0.4 is 4.90 Å². The van der Waals surface area contributed by atoms with Crippen molar-refractivity contribution in [3.63, 3.8) is 0 Å². The lowest BCUT2D eigenvalue weighted by molar-refractivity contribution is -0.137. The molecule has 0 bridgehead atoms. The summed E-state index contributed by atoms with van der Waals surface area (Å²) in [6.45, 7) is 9.88. The smallest absolute Gasteiger partial charge is 0.334 e. The Kier molecular flexibility index (Phi) is 9.37. The molecule has 2 fully saturated rings. The number of anilines is 1. The highest BCUT2D eigenvalue weighted by atomic mass is 32.2. The van der Waals surface area contributed by atoms with Crippen molar-refractivity contribution in [2.45, 2.75) is 77.2 Å². The third kappa shape index (κ3) is 6.73. The van der Waals surface area contributed by atoms with Gasteiger partial charge in [0.15, 0.2) is 5.11 Å². The van der Waals surface area contributed by atoms with Crippen LogP contribution in [0.5, 0.6) is 0 Å². The summed E-state index contributed by atoms with van der Waals surface area (Å²) in [7, 11) is -3.22. The fourth-order valence-corrected chi connectivity index (χ4v) is 7.04. The Bertz CT molecular complexity index is 1250. The molecule has 2 atom stereocenters. The zero-order valence-corrected chi connectivity index (χ0v) is 24.6. The van der Waals surface area contributed by atoms with Crippen molar-refractivity contribution in [2.75, 3.05) is 37.3 Å². The van der Waals surface area contributed by atoms with E-state index in [0.717, 1.165) is 49.3 Å². The van der Waals surface area contributed by atoms with Crippen LogP contribution in [-0.2, 0) is 21.0 Å². The molecule has 13 heteroatoms. The summed E-state index contributed by atoms with van der Waals surface area (Å²) < 4.78 is 66.0. The zero-order chi connectivity index (χ0) is 29.3. The first-order valence-electron chi connectivity index (χ1n) is 13.0. The maximum Gasteiger partial charge on any atom is 0.417 e. The number of halogens is 3. The molecule has 2 aliphatic heterocycles. The van der Waals surface area contributed by atoms with Gasteiger partial charge in [-0.25, -0.2) is 8.42 Å². The average molecular weight is 588 g/mol. The molecule has 216 valence electrons. The van der Waals surface area contributed by atoms with Crippen LogP contribution in [0.3, 0.4) is 0 Å². The molecule has 39 heavy (non-hydrogen) atoms. The number of benzene rings is 1. The van der Waals surface area contributed by atoms with Gasteiger partial charge in [-0.3, -0.25) is 14.6 Å². The van der Waals surface area contributed by atoms with Gasteiger partial charge in [0.05, 0.1) is 29.1 Å². The van der Waals surface area contributed by atoms with Gasteiger partial charge in [-0.2, -0.15) is 22.7 Å². The van der Waals surface area contributed by atoms with E-state index in [1.807, 2.05) is 13.8 Å². The number of piperazine rings is 1. The maximum absolute atomic E-state index is 13.5. The largest absolute Gasteiger partial charge is 0.417 e. The Hall–Kier alpha value is -2.27. The second-order valence-electron chi connectivity index (χ2n) is 10.9. The summed E-state index contributed by atoms with van der Waals surface area (Å²) in [6.07, 6.45) is 0.0241. The molecular formula is C26H36F3N5O3S2. The van der Waals surface area contributed by atoms with E-state index in [1.54, 1.807) is 29.1 Å². The molecule has 2 saturated heterocycles. The van der Waals surface area contributed by atoms with E-state index in [2.05, 4.69) is 4.90 Å². The van der Waals surface area contributed by atoms with Crippen molar-refractivity contribution < 1.29 is 26.4 Å². The van der Waals surface area contributed by atoms with Gasteiger partial charge < -0.3 is 4.90 Å². The number of sulfonamides is 1.